The maximum absolute atomic E-state index is 15.0. The van der Waals surface area contributed by atoms with Gasteiger partial charge in [-0.25, -0.2) is 8.78 Å². The lowest BCUT2D eigenvalue weighted by atomic mass is 9.76. The summed E-state index contributed by atoms with van der Waals surface area (Å²) < 4.78 is 70.8. The first-order valence-electron chi connectivity index (χ1n) is 13.6. The third-order valence-electron chi connectivity index (χ3n) is 8.41. The van der Waals surface area contributed by atoms with E-state index in [-0.39, 0.29) is 17.0 Å². The molecular formula is C29H37F5OSi. The molecule has 0 spiro atoms. The van der Waals surface area contributed by atoms with Gasteiger partial charge in [0.2, 0.25) is 0 Å². The highest BCUT2D eigenvalue weighted by Crippen LogP contribution is 2.41. The van der Waals surface area contributed by atoms with E-state index in [1.54, 1.807) is 0 Å². The van der Waals surface area contributed by atoms with Crippen molar-refractivity contribution < 1.29 is 26.7 Å². The molecule has 2 aliphatic rings. The molecule has 4 rings (SSSR count). The Labute approximate surface area is 213 Å². The Balaban J connectivity index is 1.30. The van der Waals surface area contributed by atoms with E-state index in [1.807, 2.05) is 0 Å². The second-order valence-electron chi connectivity index (χ2n) is 10.9. The van der Waals surface area contributed by atoms with Crippen LogP contribution in [0.3, 0.4) is 0 Å². The zero-order valence-corrected chi connectivity index (χ0v) is 22.2. The second kappa shape index (κ2) is 12.1. The quantitative estimate of drug-likeness (QED) is 0.247. The molecular weight excluding hydrogens is 487 g/mol. The van der Waals surface area contributed by atoms with Crippen LogP contribution >= 0.6 is 0 Å². The van der Waals surface area contributed by atoms with Gasteiger partial charge in [-0.05, 0) is 78.8 Å². The monoisotopic (exact) mass is 524 g/mol. The summed E-state index contributed by atoms with van der Waals surface area (Å²) in [5, 5.41) is 0. The molecule has 2 aromatic carbocycles. The molecule has 0 aromatic heterocycles. The third kappa shape index (κ3) is 7.33. The Bertz CT molecular complexity index is 951. The van der Waals surface area contributed by atoms with Crippen LogP contribution in [0.15, 0.2) is 36.4 Å². The van der Waals surface area contributed by atoms with Crippen LogP contribution in [0.25, 0.3) is 11.1 Å². The molecule has 7 heteroatoms. The van der Waals surface area contributed by atoms with Crippen molar-refractivity contribution in [2.75, 3.05) is 0 Å². The van der Waals surface area contributed by atoms with E-state index in [2.05, 4.69) is 11.7 Å². The van der Waals surface area contributed by atoms with Gasteiger partial charge in [-0.2, -0.15) is 0 Å². The highest BCUT2D eigenvalue weighted by molar-refractivity contribution is 6.58. The lowest BCUT2D eigenvalue weighted by molar-refractivity contribution is -0.274. The maximum Gasteiger partial charge on any atom is 0.573 e. The van der Waals surface area contributed by atoms with Gasteiger partial charge >= 0.3 is 6.36 Å². The summed E-state index contributed by atoms with van der Waals surface area (Å²) in [5.74, 6) is -0.00656. The van der Waals surface area contributed by atoms with E-state index in [9.17, 15) is 22.0 Å². The molecule has 0 atom stereocenters. The largest absolute Gasteiger partial charge is 0.573 e. The maximum atomic E-state index is 15.0. The van der Waals surface area contributed by atoms with Crippen molar-refractivity contribution in [3.05, 3.63) is 53.6 Å². The van der Waals surface area contributed by atoms with Crippen LogP contribution < -0.4 is 4.74 Å². The molecule has 0 N–H and O–H groups in total. The summed E-state index contributed by atoms with van der Waals surface area (Å²) in [5.41, 5.74) is 0.646. The van der Waals surface area contributed by atoms with Gasteiger partial charge in [-0.1, -0.05) is 69.3 Å². The molecule has 0 radical (unpaired) electrons. The fraction of sp³-hybridized carbons (Fsp3) is 0.586. The van der Waals surface area contributed by atoms with Gasteiger partial charge in [0.15, 0.2) is 0 Å². The number of benzene rings is 2. The average Bonchev–Trinajstić information content (AvgIpc) is 2.84. The van der Waals surface area contributed by atoms with Gasteiger partial charge < -0.3 is 4.74 Å². The van der Waals surface area contributed by atoms with Gasteiger partial charge in [0, 0.05) is 8.80 Å². The van der Waals surface area contributed by atoms with Crippen LogP contribution in [0.4, 0.5) is 22.0 Å². The van der Waals surface area contributed by atoms with Crippen LogP contribution in [-0.4, -0.2) is 15.2 Å². The van der Waals surface area contributed by atoms with Crippen molar-refractivity contribution in [2.24, 2.45) is 11.8 Å². The van der Waals surface area contributed by atoms with Crippen LogP contribution in [0, 0.1) is 23.5 Å². The van der Waals surface area contributed by atoms with E-state index < -0.39 is 32.5 Å². The number of ether oxygens (including phenoxy) is 1. The molecule has 198 valence electrons. The van der Waals surface area contributed by atoms with E-state index in [0.717, 1.165) is 49.7 Å². The summed E-state index contributed by atoms with van der Waals surface area (Å²) in [4.78, 5) is 0. The number of hydrogen-bond donors (Lipinski definition) is 0. The molecule has 1 heterocycles. The third-order valence-corrected chi connectivity index (χ3v) is 12.1. The average molecular weight is 525 g/mol. The topological polar surface area (TPSA) is 9.23 Å². The molecule has 1 aliphatic carbocycles. The standard InChI is InChI=1S/C29H37F5OSi/c1-2-15-36-16-13-21(14-17-36)4-3-20-5-7-22(8-6-20)24-18-26(30)28(27(31)19-24)23-9-11-25(12-10-23)35-29(32,33)34/h9-12,18-22,36H,2-8,13-17H2,1H3/t20?,21-,22?,36-. The molecule has 1 nitrogen and oxygen atoms in total. The van der Waals surface area contributed by atoms with Crippen LogP contribution in [0.5, 0.6) is 5.75 Å². The van der Waals surface area contributed by atoms with Crippen LogP contribution in [0.2, 0.25) is 18.1 Å². The van der Waals surface area contributed by atoms with Gasteiger partial charge in [-0.15, -0.1) is 13.2 Å². The number of halogens is 5. The molecule has 1 saturated heterocycles. The van der Waals surface area contributed by atoms with Crippen LogP contribution in [-0.2, 0) is 0 Å². The first-order chi connectivity index (χ1) is 17.2. The Kier molecular flexibility index (Phi) is 9.13. The van der Waals surface area contributed by atoms with Gasteiger partial charge in [0.05, 0.1) is 5.56 Å². The summed E-state index contributed by atoms with van der Waals surface area (Å²) in [6.45, 7) is 2.31. The zero-order valence-electron chi connectivity index (χ0n) is 21.1. The second-order valence-corrected chi connectivity index (χ2v) is 14.4. The highest BCUT2D eigenvalue weighted by atomic mass is 28.3. The molecule has 0 unspecified atom stereocenters. The molecule has 0 bridgehead atoms. The Morgan fingerprint density at radius 2 is 1.39 bits per heavy atom. The first-order valence-corrected chi connectivity index (χ1v) is 16.0. The fourth-order valence-corrected chi connectivity index (χ4v) is 9.97. The highest BCUT2D eigenvalue weighted by Gasteiger charge is 2.31. The summed E-state index contributed by atoms with van der Waals surface area (Å²) in [6, 6.07) is 12.0. The van der Waals surface area contributed by atoms with E-state index in [4.69, 9.17) is 0 Å². The molecule has 1 saturated carbocycles. The minimum Gasteiger partial charge on any atom is -0.406 e. The normalized spacial score (nSPS) is 25.1. The lowest BCUT2D eigenvalue weighted by Gasteiger charge is -2.32. The van der Waals surface area contributed by atoms with Crippen molar-refractivity contribution in [1.29, 1.82) is 0 Å². The zero-order chi connectivity index (χ0) is 25.7. The van der Waals surface area contributed by atoms with Gasteiger partial charge in [-0.3, -0.25) is 0 Å². The molecule has 36 heavy (non-hydrogen) atoms. The van der Waals surface area contributed by atoms with Crippen molar-refractivity contribution in [3.63, 3.8) is 0 Å². The molecule has 0 amide bonds. The minimum absolute atomic E-state index is 0.150. The predicted molar refractivity (Wildman–Crippen MR) is 137 cm³/mol. The summed E-state index contributed by atoms with van der Waals surface area (Å²) in [6.07, 6.45) is 6.16. The number of alkyl halides is 3. The SMILES string of the molecule is CCC[Si@H]1CC[C@H](CCC2CCC(c3cc(F)c(-c4ccc(OC(F)(F)F)cc4)c(F)c3)CC2)CC1. The van der Waals surface area contributed by atoms with Gasteiger partial charge in [0.1, 0.15) is 17.4 Å². The van der Waals surface area contributed by atoms with Gasteiger partial charge in [0.25, 0.3) is 0 Å². The fourth-order valence-electron chi connectivity index (χ4n) is 6.40. The first kappa shape index (κ1) is 27.1. The van der Waals surface area contributed by atoms with Crippen molar-refractivity contribution in [3.8, 4) is 16.9 Å². The molecule has 2 fully saturated rings. The Morgan fingerprint density at radius 3 is 1.92 bits per heavy atom. The van der Waals surface area contributed by atoms with E-state index in [1.165, 1.54) is 74.5 Å². The minimum atomic E-state index is -4.81. The van der Waals surface area contributed by atoms with Crippen LogP contribution in [0.1, 0.15) is 76.2 Å². The smallest absolute Gasteiger partial charge is 0.406 e. The lowest BCUT2D eigenvalue weighted by Crippen LogP contribution is -2.22. The van der Waals surface area contributed by atoms with Crippen molar-refractivity contribution in [2.45, 2.75) is 95.1 Å². The Morgan fingerprint density at radius 1 is 0.833 bits per heavy atom. The number of rotatable bonds is 8. The molecule has 2 aromatic rings. The Hall–Kier alpha value is -1.89. The van der Waals surface area contributed by atoms with E-state index >= 15 is 0 Å². The molecule has 1 aliphatic heterocycles. The van der Waals surface area contributed by atoms with Crippen molar-refractivity contribution >= 4 is 8.80 Å². The predicted octanol–water partition coefficient (Wildman–Crippen LogP) is 9.63. The summed E-state index contributed by atoms with van der Waals surface area (Å²) in [7, 11) is -0.418. The van der Waals surface area contributed by atoms with Crippen molar-refractivity contribution in [1.82, 2.24) is 0 Å². The van der Waals surface area contributed by atoms with E-state index in [0.29, 0.717) is 5.56 Å². The number of hydrogen-bond acceptors (Lipinski definition) is 1. The summed E-state index contributed by atoms with van der Waals surface area (Å²) >= 11 is 0.